The van der Waals surface area contributed by atoms with Gasteiger partial charge < -0.3 is 5.32 Å². The minimum absolute atomic E-state index is 0.0668. The summed E-state index contributed by atoms with van der Waals surface area (Å²) in [6, 6.07) is 9.21. The lowest BCUT2D eigenvalue weighted by atomic mass is 10.1. The molecule has 0 atom stereocenters. The summed E-state index contributed by atoms with van der Waals surface area (Å²) >= 11 is 3.18. The SMILES string of the molecule is O=C(Nc1ccc(Br)cc1F)c1ccc2c(=O)n3c(nc2c1)CCCCC3. The molecule has 27 heavy (non-hydrogen) atoms. The van der Waals surface area contributed by atoms with Crippen LogP contribution in [0.15, 0.2) is 45.7 Å². The molecule has 1 aromatic heterocycles. The molecule has 1 N–H and O–H groups in total. The van der Waals surface area contributed by atoms with E-state index in [1.807, 2.05) is 0 Å². The topological polar surface area (TPSA) is 64.0 Å². The number of halogens is 2. The molecule has 0 spiro atoms. The van der Waals surface area contributed by atoms with Crippen LogP contribution in [0.2, 0.25) is 0 Å². The number of nitrogens with one attached hydrogen (secondary N) is 1. The fourth-order valence-corrected chi connectivity index (χ4v) is 3.68. The van der Waals surface area contributed by atoms with E-state index in [0.29, 0.717) is 27.5 Å². The predicted octanol–water partition coefficient (Wildman–Crippen LogP) is 4.28. The Hall–Kier alpha value is -2.54. The Balaban J connectivity index is 1.70. The smallest absolute Gasteiger partial charge is 0.261 e. The molecule has 2 aromatic carbocycles. The van der Waals surface area contributed by atoms with Gasteiger partial charge in [-0.2, -0.15) is 0 Å². The zero-order chi connectivity index (χ0) is 19.0. The molecule has 0 radical (unpaired) electrons. The number of anilines is 1. The molecule has 1 aliphatic heterocycles. The van der Waals surface area contributed by atoms with E-state index in [4.69, 9.17) is 0 Å². The summed E-state index contributed by atoms with van der Waals surface area (Å²) in [6.45, 7) is 0.683. The zero-order valence-corrected chi connectivity index (χ0v) is 16.1. The normalized spacial score (nSPS) is 13.9. The maximum absolute atomic E-state index is 14.0. The molecule has 2 heterocycles. The van der Waals surface area contributed by atoms with Gasteiger partial charge in [0, 0.05) is 23.0 Å². The highest BCUT2D eigenvalue weighted by Crippen LogP contribution is 2.21. The van der Waals surface area contributed by atoms with Crippen LogP contribution >= 0.6 is 15.9 Å². The summed E-state index contributed by atoms with van der Waals surface area (Å²) in [5, 5.41) is 3.05. The van der Waals surface area contributed by atoms with Gasteiger partial charge >= 0.3 is 0 Å². The van der Waals surface area contributed by atoms with Crippen molar-refractivity contribution in [1.29, 1.82) is 0 Å². The summed E-state index contributed by atoms with van der Waals surface area (Å²) in [5.41, 5.74) is 0.855. The third kappa shape index (κ3) is 3.51. The molecule has 7 heteroatoms. The maximum atomic E-state index is 14.0. The van der Waals surface area contributed by atoms with Crippen LogP contribution < -0.4 is 10.9 Å². The summed E-state index contributed by atoms with van der Waals surface area (Å²) in [4.78, 5) is 29.9. The van der Waals surface area contributed by atoms with E-state index in [9.17, 15) is 14.0 Å². The molecule has 0 saturated carbocycles. The molecule has 3 aromatic rings. The average Bonchev–Trinajstić information content (AvgIpc) is 2.89. The molecule has 0 aliphatic carbocycles. The fourth-order valence-electron chi connectivity index (χ4n) is 3.34. The van der Waals surface area contributed by atoms with Crippen molar-refractivity contribution in [2.24, 2.45) is 0 Å². The molecule has 4 rings (SSSR count). The van der Waals surface area contributed by atoms with E-state index in [0.717, 1.165) is 31.5 Å². The second-order valence-corrected chi connectivity index (χ2v) is 7.52. The van der Waals surface area contributed by atoms with Gasteiger partial charge in [-0.3, -0.25) is 14.2 Å². The lowest BCUT2D eigenvalue weighted by Crippen LogP contribution is -2.24. The van der Waals surface area contributed by atoms with Gasteiger partial charge in [0.2, 0.25) is 0 Å². The highest BCUT2D eigenvalue weighted by atomic mass is 79.9. The van der Waals surface area contributed by atoms with Crippen LogP contribution in [0.25, 0.3) is 10.9 Å². The summed E-state index contributed by atoms with van der Waals surface area (Å²) < 4.78 is 16.3. The Labute approximate surface area is 163 Å². The Morgan fingerprint density at radius 2 is 2.00 bits per heavy atom. The Kier molecular flexibility index (Phi) is 4.78. The second kappa shape index (κ2) is 7.23. The van der Waals surface area contributed by atoms with Crippen LogP contribution in [0.5, 0.6) is 0 Å². The van der Waals surface area contributed by atoms with Gasteiger partial charge in [-0.05, 0) is 49.2 Å². The van der Waals surface area contributed by atoms with Crippen molar-refractivity contribution in [2.45, 2.75) is 32.2 Å². The van der Waals surface area contributed by atoms with Gasteiger partial charge in [0.05, 0.1) is 16.6 Å². The number of carbonyl (C=O) groups excluding carboxylic acids is 1. The first-order valence-electron chi connectivity index (χ1n) is 8.83. The molecule has 0 fully saturated rings. The third-order valence-electron chi connectivity index (χ3n) is 4.76. The van der Waals surface area contributed by atoms with Crippen LogP contribution in [-0.4, -0.2) is 15.5 Å². The second-order valence-electron chi connectivity index (χ2n) is 6.61. The lowest BCUT2D eigenvalue weighted by molar-refractivity contribution is 0.102. The number of carbonyl (C=O) groups is 1. The van der Waals surface area contributed by atoms with Gasteiger partial charge in [0.25, 0.3) is 11.5 Å². The minimum atomic E-state index is -0.528. The lowest BCUT2D eigenvalue weighted by Gasteiger charge is -2.11. The van der Waals surface area contributed by atoms with Gasteiger partial charge in [-0.15, -0.1) is 0 Å². The van der Waals surface area contributed by atoms with Crippen LogP contribution in [0.1, 0.15) is 35.4 Å². The minimum Gasteiger partial charge on any atom is -0.319 e. The van der Waals surface area contributed by atoms with Crippen molar-refractivity contribution in [1.82, 2.24) is 9.55 Å². The first kappa shape index (κ1) is 17.9. The highest BCUT2D eigenvalue weighted by molar-refractivity contribution is 9.10. The van der Waals surface area contributed by atoms with E-state index in [-0.39, 0.29) is 11.2 Å². The highest BCUT2D eigenvalue weighted by Gasteiger charge is 2.16. The van der Waals surface area contributed by atoms with Crippen molar-refractivity contribution < 1.29 is 9.18 Å². The van der Waals surface area contributed by atoms with Crippen LogP contribution in [0, 0.1) is 5.82 Å². The van der Waals surface area contributed by atoms with Gasteiger partial charge in [-0.25, -0.2) is 9.37 Å². The molecule has 0 unspecified atom stereocenters. The Morgan fingerprint density at radius 3 is 2.81 bits per heavy atom. The molecule has 5 nitrogen and oxygen atoms in total. The molecule has 1 aliphatic rings. The van der Waals surface area contributed by atoms with Crippen molar-refractivity contribution in [3.05, 3.63) is 68.4 Å². The van der Waals surface area contributed by atoms with E-state index >= 15 is 0 Å². The Morgan fingerprint density at radius 1 is 1.15 bits per heavy atom. The van der Waals surface area contributed by atoms with Crippen LogP contribution in [0.3, 0.4) is 0 Å². The van der Waals surface area contributed by atoms with Crippen LogP contribution in [0.4, 0.5) is 10.1 Å². The number of hydrogen-bond donors (Lipinski definition) is 1. The molecule has 0 bridgehead atoms. The molecule has 138 valence electrons. The van der Waals surface area contributed by atoms with Crippen molar-refractivity contribution in [3.63, 3.8) is 0 Å². The van der Waals surface area contributed by atoms with Crippen molar-refractivity contribution >= 4 is 38.4 Å². The number of rotatable bonds is 2. The standard InChI is InChI=1S/C20H17BrFN3O2/c21-13-6-8-16(15(22)11-13)24-19(26)12-5-7-14-17(10-12)23-18-4-2-1-3-9-25(18)20(14)27/h5-8,10-11H,1-4,9H2,(H,24,26). The van der Waals surface area contributed by atoms with E-state index in [1.54, 1.807) is 28.8 Å². The molecular formula is C20H17BrFN3O2. The third-order valence-corrected chi connectivity index (χ3v) is 5.25. The quantitative estimate of drug-likeness (QED) is 0.661. The first-order chi connectivity index (χ1) is 13.0. The number of nitrogens with zero attached hydrogens (tertiary/aromatic N) is 2. The number of fused-ring (bicyclic) bond motifs is 2. The average molecular weight is 430 g/mol. The molecular weight excluding hydrogens is 413 g/mol. The van der Waals surface area contributed by atoms with Crippen molar-refractivity contribution in [3.8, 4) is 0 Å². The maximum Gasteiger partial charge on any atom is 0.261 e. The largest absolute Gasteiger partial charge is 0.319 e. The number of hydrogen-bond acceptors (Lipinski definition) is 3. The van der Waals surface area contributed by atoms with Crippen LogP contribution in [-0.2, 0) is 13.0 Å². The van der Waals surface area contributed by atoms with Gasteiger partial charge in [-0.1, -0.05) is 22.4 Å². The number of aryl methyl sites for hydroxylation is 1. The monoisotopic (exact) mass is 429 g/mol. The zero-order valence-electron chi connectivity index (χ0n) is 14.5. The van der Waals surface area contributed by atoms with Crippen molar-refractivity contribution in [2.75, 3.05) is 5.32 Å². The van der Waals surface area contributed by atoms with E-state index < -0.39 is 11.7 Å². The molecule has 0 saturated heterocycles. The van der Waals surface area contributed by atoms with Gasteiger partial charge in [0.15, 0.2) is 0 Å². The Bertz CT molecular complexity index is 1110. The van der Waals surface area contributed by atoms with E-state index in [1.165, 1.54) is 12.1 Å². The summed E-state index contributed by atoms with van der Waals surface area (Å²) in [5.74, 6) is -0.211. The summed E-state index contributed by atoms with van der Waals surface area (Å²) in [7, 11) is 0. The fraction of sp³-hybridized carbons (Fsp3) is 0.250. The summed E-state index contributed by atoms with van der Waals surface area (Å²) in [6.07, 6.45) is 3.80. The number of aromatic nitrogens is 2. The van der Waals surface area contributed by atoms with E-state index in [2.05, 4.69) is 26.2 Å². The predicted molar refractivity (Wildman–Crippen MR) is 106 cm³/mol. The number of benzene rings is 2. The molecule has 1 amide bonds. The van der Waals surface area contributed by atoms with Gasteiger partial charge in [0.1, 0.15) is 11.6 Å². The first-order valence-corrected chi connectivity index (χ1v) is 9.62. The number of amides is 1.